The molecule has 0 aliphatic heterocycles. The predicted molar refractivity (Wildman–Crippen MR) is 60.6 cm³/mol. The second kappa shape index (κ2) is 5.09. The van der Waals surface area contributed by atoms with E-state index in [1.54, 1.807) is 18.2 Å². The van der Waals surface area contributed by atoms with E-state index in [2.05, 4.69) is 27.2 Å². The molecule has 0 heterocycles. The molecular formula is C11H11BrO3. The third-order valence-corrected chi connectivity index (χ3v) is 2.62. The lowest BCUT2D eigenvalue weighted by Gasteiger charge is -2.08. The van der Waals surface area contributed by atoms with Crippen molar-refractivity contribution in [2.75, 3.05) is 7.11 Å². The van der Waals surface area contributed by atoms with Crippen LogP contribution in [0.2, 0.25) is 0 Å². The van der Waals surface area contributed by atoms with Gasteiger partial charge in [-0.3, -0.25) is 0 Å². The number of aliphatic hydroxyl groups is 1. The molecule has 80 valence electrons. The summed E-state index contributed by atoms with van der Waals surface area (Å²) in [5.74, 6) is -0.415. The lowest BCUT2D eigenvalue weighted by molar-refractivity contribution is 0.0599. The lowest BCUT2D eigenvalue weighted by Crippen LogP contribution is -2.03. The van der Waals surface area contributed by atoms with Crippen LogP contribution in [0.5, 0.6) is 0 Å². The van der Waals surface area contributed by atoms with E-state index in [0.29, 0.717) is 15.6 Å². The highest BCUT2D eigenvalue weighted by Crippen LogP contribution is 2.23. The number of hydrogen-bond acceptors (Lipinski definition) is 3. The van der Waals surface area contributed by atoms with Crippen molar-refractivity contribution < 1.29 is 14.6 Å². The lowest BCUT2D eigenvalue weighted by atomic mass is 10.1. The highest BCUT2D eigenvalue weighted by Gasteiger charge is 2.12. The summed E-state index contributed by atoms with van der Waals surface area (Å²) in [6, 6.07) is 4.92. The minimum atomic E-state index is -0.729. The van der Waals surface area contributed by atoms with E-state index < -0.39 is 12.1 Å². The molecule has 1 unspecified atom stereocenters. The van der Waals surface area contributed by atoms with Gasteiger partial charge in [0.05, 0.1) is 18.8 Å². The summed E-state index contributed by atoms with van der Waals surface area (Å²) in [6.07, 6.45) is 0.688. The molecule has 0 spiro atoms. The van der Waals surface area contributed by atoms with Crippen LogP contribution >= 0.6 is 15.9 Å². The van der Waals surface area contributed by atoms with Crippen molar-refractivity contribution in [1.29, 1.82) is 0 Å². The van der Waals surface area contributed by atoms with Crippen LogP contribution in [0.3, 0.4) is 0 Å². The van der Waals surface area contributed by atoms with Gasteiger partial charge in [0, 0.05) is 4.47 Å². The molecule has 0 saturated heterocycles. The monoisotopic (exact) mass is 270 g/mol. The summed E-state index contributed by atoms with van der Waals surface area (Å²) in [5, 5.41) is 9.49. The molecule has 1 rings (SSSR count). The number of benzene rings is 1. The minimum Gasteiger partial charge on any atom is -0.465 e. The van der Waals surface area contributed by atoms with Crippen molar-refractivity contribution in [1.82, 2.24) is 0 Å². The number of halogens is 1. The first kappa shape index (κ1) is 11.9. The van der Waals surface area contributed by atoms with Gasteiger partial charge in [-0.25, -0.2) is 4.79 Å². The molecule has 0 radical (unpaired) electrons. The first-order valence-corrected chi connectivity index (χ1v) is 5.07. The molecule has 3 nitrogen and oxygen atoms in total. The second-order valence-electron chi connectivity index (χ2n) is 2.91. The Kier molecular flexibility index (Phi) is 4.05. The Morgan fingerprint density at radius 2 is 2.33 bits per heavy atom. The summed E-state index contributed by atoms with van der Waals surface area (Å²) < 4.78 is 5.18. The van der Waals surface area contributed by atoms with E-state index >= 15 is 0 Å². The van der Waals surface area contributed by atoms with Gasteiger partial charge in [0.15, 0.2) is 0 Å². The molecule has 0 amide bonds. The van der Waals surface area contributed by atoms with Crippen molar-refractivity contribution in [2.45, 2.75) is 6.10 Å². The number of rotatable bonds is 3. The molecule has 0 aliphatic carbocycles. The van der Waals surface area contributed by atoms with Crippen LogP contribution in [0.15, 0.2) is 35.3 Å². The highest BCUT2D eigenvalue weighted by atomic mass is 79.9. The Morgan fingerprint density at radius 3 is 2.80 bits per heavy atom. The third-order valence-electron chi connectivity index (χ3n) is 1.96. The zero-order valence-corrected chi connectivity index (χ0v) is 9.82. The van der Waals surface area contributed by atoms with Crippen molar-refractivity contribution in [3.8, 4) is 0 Å². The van der Waals surface area contributed by atoms with Gasteiger partial charge in [-0.2, -0.15) is 0 Å². The molecule has 0 bridgehead atoms. The summed E-state index contributed by atoms with van der Waals surface area (Å²) in [6.45, 7) is 3.48. The standard InChI is InChI=1S/C11H11BrO3/c1-3-10(13)7-4-5-8(9(12)6-7)11(14)15-2/h3-6,10,13H,1H2,2H3. The van der Waals surface area contributed by atoms with Gasteiger partial charge in [0.1, 0.15) is 0 Å². The predicted octanol–water partition coefficient (Wildman–Crippen LogP) is 2.46. The Bertz CT molecular complexity index is 387. The van der Waals surface area contributed by atoms with Gasteiger partial charge in [-0.1, -0.05) is 12.1 Å². The summed E-state index contributed by atoms with van der Waals surface area (Å²) in [5.41, 5.74) is 1.10. The first-order valence-electron chi connectivity index (χ1n) is 4.28. The number of hydrogen-bond donors (Lipinski definition) is 1. The van der Waals surface area contributed by atoms with Gasteiger partial charge in [-0.05, 0) is 33.6 Å². The average Bonchev–Trinajstić information content (AvgIpc) is 2.26. The van der Waals surface area contributed by atoms with Crippen LogP contribution in [0.25, 0.3) is 0 Å². The van der Waals surface area contributed by atoms with Crippen LogP contribution in [-0.4, -0.2) is 18.2 Å². The van der Waals surface area contributed by atoms with Gasteiger partial charge in [0.2, 0.25) is 0 Å². The van der Waals surface area contributed by atoms with Crippen LogP contribution in [0, 0.1) is 0 Å². The molecule has 1 aromatic carbocycles. The average molecular weight is 271 g/mol. The van der Waals surface area contributed by atoms with E-state index in [4.69, 9.17) is 0 Å². The SMILES string of the molecule is C=CC(O)c1ccc(C(=O)OC)c(Br)c1. The maximum atomic E-state index is 11.3. The number of methoxy groups -OCH3 is 1. The fraction of sp³-hybridized carbons (Fsp3) is 0.182. The number of esters is 1. The summed E-state index contributed by atoms with van der Waals surface area (Å²) in [7, 11) is 1.32. The fourth-order valence-electron chi connectivity index (χ4n) is 1.13. The molecule has 1 aromatic rings. The van der Waals surface area contributed by atoms with Crippen LogP contribution in [0.4, 0.5) is 0 Å². The van der Waals surface area contributed by atoms with Gasteiger partial charge in [-0.15, -0.1) is 6.58 Å². The third kappa shape index (κ3) is 2.67. The van der Waals surface area contributed by atoms with E-state index in [1.165, 1.54) is 13.2 Å². The molecular weight excluding hydrogens is 260 g/mol. The molecule has 1 N–H and O–H groups in total. The topological polar surface area (TPSA) is 46.5 Å². The van der Waals surface area contributed by atoms with Gasteiger partial charge in [0.25, 0.3) is 0 Å². The quantitative estimate of drug-likeness (QED) is 0.678. The van der Waals surface area contributed by atoms with Crippen molar-refractivity contribution in [2.24, 2.45) is 0 Å². The maximum Gasteiger partial charge on any atom is 0.339 e. The highest BCUT2D eigenvalue weighted by molar-refractivity contribution is 9.10. The first-order chi connectivity index (χ1) is 7.10. The molecule has 0 fully saturated rings. The molecule has 4 heteroatoms. The largest absolute Gasteiger partial charge is 0.465 e. The van der Waals surface area contributed by atoms with Crippen LogP contribution < -0.4 is 0 Å². The molecule has 15 heavy (non-hydrogen) atoms. The van der Waals surface area contributed by atoms with E-state index in [9.17, 15) is 9.90 Å². The zero-order valence-electron chi connectivity index (χ0n) is 8.24. The van der Waals surface area contributed by atoms with Crippen LogP contribution in [0.1, 0.15) is 22.0 Å². The van der Waals surface area contributed by atoms with E-state index in [1.807, 2.05) is 0 Å². The summed E-state index contributed by atoms with van der Waals surface area (Å²) >= 11 is 3.24. The Balaban J connectivity index is 3.08. The second-order valence-corrected chi connectivity index (χ2v) is 3.77. The van der Waals surface area contributed by atoms with Crippen molar-refractivity contribution in [3.63, 3.8) is 0 Å². The molecule has 0 saturated carbocycles. The Labute approximate surface area is 96.5 Å². The zero-order chi connectivity index (χ0) is 11.4. The smallest absolute Gasteiger partial charge is 0.339 e. The number of carbonyl (C=O) groups excluding carboxylic acids is 1. The molecule has 1 atom stereocenters. The Hall–Kier alpha value is -1.13. The number of ether oxygens (including phenoxy) is 1. The molecule has 0 aromatic heterocycles. The van der Waals surface area contributed by atoms with Crippen molar-refractivity contribution in [3.05, 3.63) is 46.5 Å². The van der Waals surface area contributed by atoms with Gasteiger partial charge >= 0.3 is 5.97 Å². The maximum absolute atomic E-state index is 11.3. The van der Waals surface area contributed by atoms with Crippen LogP contribution in [-0.2, 0) is 4.74 Å². The normalized spacial score (nSPS) is 11.9. The fourth-order valence-corrected chi connectivity index (χ4v) is 1.69. The molecule has 0 aliphatic rings. The summed E-state index contributed by atoms with van der Waals surface area (Å²) in [4.78, 5) is 11.3. The van der Waals surface area contributed by atoms with E-state index in [-0.39, 0.29) is 0 Å². The minimum absolute atomic E-state index is 0.415. The Morgan fingerprint density at radius 1 is 1.67 bits per heavy atom. The van der Waals surface area contributed by atoms with E-state index in [0.717, 1.165) is 0 Å². The van der Waals surface area contributed by atoms with Gasteiger partial charge < -0.3 is 9.84 Å². The number of carbonyl (C=O) groups is 1. The number of aliphatic hydroxyl groups excluding tert-OH is 1. The van der Waals surface area contributed by atoms with Crippen molar-refractivity contribution >= 4 is 21.9 Å².